The number of rotatable bonds is 3. The van der Waals surface area contributed by atoms with E-state index >= 15 is 0 Å². The van der Waals surface area contributed by atoms with Crippen molar-refractivity contribution < 1.29 is 19.4 Å². The van der Waals surface area contributed by atoms with Gasteiger partial charge in [0.1, 0.15) is 0 Å². The molecule has 3 aromatic carbocycles. The van der Waals surface area contributed by atoms with Gasteiger partial charge in [0.05, 0.1) is 0 Å². The van der Waals surface area contributed by atoms with E-state index in [1.165, 1.54) is 44.5 Å². The zero-order chi connectivity index (χ0) is 20.8. The van der Waals surface area contributed by atoms with Crippen molar-refractivity contribution in [2.45, 2.75) is 36.7 Å². The molecule has 147 valence electrons. The molecule has 1 atom stereocenters. The van der Waals surface area contributed by atoms with Gasteiger partial charge in [-0.1, -0.05) is 0 Å². The first-order chi connectivity index (χ1) is 13.8. The van der Waals surface area contributed by atoms with Gasteiger partial charge in [0.25, 0.3) is 0 Å². The number of allylic oxidation sites excluding steroid dienone is 1. The number of benzene rings is 3. The van der Waals surface area contributed by atoms with Crippen LogP contribution in [-0.4, -0.2) is 0 Å². The van der Waals surface area contributed by atoms with Crippen LogP contribution in [0.2, 0.25) is 0 Å². The number of fused-ring (bicyclic) bond motifs is 1. The molecule has 0 saturated heterocycles. The normalized spacial score (nSPS) is 15.8. The molecule has 0 saturated carbocycles. The van der Waals surface area contributed by atoms with Crippen molar-refractivity contribution in [2.24, 2.45) is 0 Å². The summed E-state index contributed by atoms with van der Waals surface area (Å²) in [6.07, 6.45) is 2.33. The number of hydrogen-bond acceptors (Lipinski definition) is 0. The molecule has 4 rings (SSSR count). The van der Waals surface area contributed by atoms with E-state index in [0.29, 0.717) is 0 Å². The van der Waals surface area contributed by atoms with Crippen molar-refractivity contribution in [3.05, 3.63) is 89.0 Å². The van der Waals surface area contributed by atoms with Gasteiger partial charge in [0.2, 0.25) is 0 Å². The van der Waals surface area contributed by atoms with E-state index in [0.717, 1.165) is 0 Å². The van der Waals surface area contributed by atoms with Crippen LogP contribution in [0.25, 0.3) is 28.3 Å². The third-order valence-corrected chi connectivity index (χ3v) is 11.3. The van der Waals surface area contributed by atoms with Crippen LogP contribution in [0.5, 0.6) is 0 Å². The molecule has 1 aliphatic rings. The Balaban J connectivity index is 2.06. The monoisotopic (exact) mass is 497 g/mol. The maximum absolute atomic E-state index is 6.58. The molecule has 1 unspecified atom stereocenters. The second kappa shape index (κ2) is 8.18. The summed E-state index contributed by atoms with van der Waals surface area (Å²) in [6, 6.07) is 24.0. The molecule has 0 nitrogen and oxygen atoms in total. The molecule has 0 radical (unpaired) electrons. The quantitative estimate of drug-likeness (QED) is 0.338. The van der Waals surface area contributed by atoms with Gasteiger partial charge in [0.15, 0.2) is 0 Å². The Bertz CT molecular complexity index is 1080. The third-order valence-electron chi connectivity index (χ3n) is 5.73. The van der Waals surface area contributed by atoms with Crippen molar-refractivity contribution >= 4 is 23.1 Å². The van der Waals surface area contributed by atoms with E-state index < -0.39 is 19.4 Å². The fourth-order valence-corrected chi connectivity index (χ4v) is 10.0. The molecule has 0 aromatic heterocycles. The van der Waals surface area contributed by atoms with Crippen LogP contribution in [0.1, 0.15) is 48.0 Å². The van der Waals surface area contributed by atoms with Crippen LogP contribution in [-0.2, 0) is 24.8 Å². The average Bonchev–Trinajstić information content (AvgIpc) is 3.03. The molecule has 0 N–H and O–H groups in total. The summed E-state index contributed by atoms with van der Waals surface area (Å²) in [7, 11) is 13.2. The van der Waals surface area contributed by atoms with E-state index in [1.807, 2.05) is 0 Å². The standard InChI is InChI=1S/C26H25.2ClH.Zr/c1-18-16-20-14-15-24(26(2,3)4)25(23(20)17-18)22-13-9-8-12-21(22)19-10-6-5-7-11-19;;;/h5-17H,1-4H3;2*1H;/q;;;+2/p-2. The van der Waals surface area contributed by atoms with Crippen molar-refractivity contribution in [2.75, 3.05) is 0 Å². The van der Waals surface area contributed by atoms with Gasteiger partial charge in [-0.3, -0.25) is 0 Å². The summed E-state index contributed by atoms with van der Waals surface area (Å²) < 4.78 is 0.243. The Morgan fingerprint density at radius 1 is 0.793 bits per heavy atom. The summed E-state index contributed by atoms with van der Waals surface area (Å²) in [6.45, 7) is 9.05. The maximum atomic E-state index is 6.58. The van der Waals surface area contributed by atoms with Gasteiger partial charge in [-0.15, -0.1) is 0 Å². The Morgan fingerprint density at radius 2 is 1.41 bits per heavy atom. The minimum absolute atomic E-state index is 0.0253. The van der Waals surface area contributed by atoms with E-state index in [4.69, 9.17) is 17.0 Å². The van der Waals surface area contributed by atoms with Crippen LogP contribution in [0.3, 0.4) is 0 Å². The first-order valence-corrected chi connectivity index (χ1v) is 17.7. The molecule has 1 aliphatic carbocycles. The summed E-state index contributed by atoms with van der Waals surface area (Å²) >= 11 is -2.48. The topological polar surface area (TPSA) is 0 Å². The van der Waals surface area contributed by atoms with E-state index in [2.05, 4.69) is 101 Å². The first kappa shape index (κ1) is 21.1. The van der Waals surface area contributed by atoms with Gasteiger partial charge in [-0.2, -0.15) is 0 Å². The van der Waals surface area contributed by atoms with E-state index in [9.17, 15) is 0 Å². The Kier molecular flexibility index (Phi) is 5.96. The average molecular weight is 500 g/mol. The molecule has 0 bridgehead atoms. The predicted molar refractivity (Wildman–Crippen MR) is 124 cm³/mol. The van der Waals surface area contributed by atoms with Crippen LogP contribution >= 0.6 is 17.0 Å². The summed E-state index contributed by atoms with van der Waals surface area (Å²) in [5, 5.41) is 0. The summed E-state index contributed by atoms with van der Waals surface area (Å²) in [4.78, 5) is 0. The van der Waals surface area contributed by atoms with Crippen molar-refractivity contribution in [1.82, 2.24) is 0 Å². The third kappa shape index (κ3) is 3.95. The minimum atomic E-state index is -2.48. The Labute approximate surface area is 189 Å². The summed E-state index contributed by atoms with van der Waals surface area (Å²) in [5.41, 5.74) is 10.4. The molecule has 0 aliphatic heterocycles. The Morgan fingerprint density at radius 3 is 2.03 bits per heavy atom. The number of hydrogen-bond donors (Lipinski definition) is 0. The van der Waals surface area contributed by atoms with E-state index in [-0.39, 0.29) is 9.04 Å². The van der Waals surface area contributed by atoms with Crippen LogP contribution < -0.4 is 0 Å². The first-order valence-electron chi connectivity index (χ1n) is 9.97. The predicted octanol–water partition coefficient (Wildman–Crippen LogP) is 8.70. The molecule has 0 fully saturated rings. The van der Waals surface area contributed by atoms with Crippen molar-refractivity contribution in [3.63, 3.8) is 0 Å². The zero-order valence-electron chi connectivity index (χ0n) is 17.3. The molecule has 3 heteroatoms. The fraction of sp³-hybridized carbons (Fsp3) is 0.231. The molecular formula is C26H25Cl2Zr. The van der Waals surface area contributed by atoms with Crippen LogP contribution in [0, 0.1) is 0 Å². The van der Waals surface area contributed by atoms with Gasteiger partial charge in [0, 0.05) is 0 Å². The fourth-order valence-electron chi connectivity index (χ4n) is 4.37. The van der Waals surface area contributed by atoms with Gasteiger partial charge in [-0.25, -0.2) is 0 Å². The van der Waals surface area contributed by atoms with Crippen molar-refractivity contribution in [1.29, 1.82) is 0 Å². The van der Waals surface area contributed by atoms with E-state index in [1.54, 1.807) is 0 Å². The van der Waals surface area contributed by atoms with Crippen LogP contribution in [0.15, 0.2) is 72.3 Å². The van der Waals surface area contributed by atoms with Gasteiger partial charge < -0.3 is 0 Å². The Hall–Kier alpha value is -1.14. The second-order valence-corrected chi connectivity index (χ2v) is 17.6. The summed E-state index contributed by atoms with van der Waals surface area (Å²) in [5.74, 6) is 0. The molecular weight excluding hydrogens is 474 g/mol. The second-order valence-electron chi connectivity index (χ2n) is 8.76. The molecule has 29 heavy (non-hydrogen) atoms. The van der Waals surface area contributed by atoms with Crippen molar-refractivity contribution in [3.8, 4) is 22.3 Å². The van der Waals surface area contributed by atoms with Gasteiger partial charge >= 0.3 is 190 Å². The zero-order valence-corrected chi connectivity index (χ0v) is 21.2. The van der Waals surface area contributed by atoms with Crippen LogP contribution in [0.4, 0.5) is 0 Å². The molecule has 0 amide bonds. The molecule has 0 heterocycles. The molecule has 0 spiro atoms. The number of halogens is 2. The van der Waals surface area contributed by atoms with Gasteiger partial charge in [-0.05, 0) is 0 Å². The molecule has 3 aromatic rings. The SMILES string of the molecule is CC1=Cc2c(ccc(C(C)(C)C)c2-c2ccccc2-c2ccccc2)[CH]1[Zr]([Cl])[Cl].